The molecule has 0 atom stereocenters. The van der Waals surface area contributed by atoms with Crippen LogP contribution in [0.5, 0.6) is 0 Å². The monoisotopic (exact) mass is 284 g/mol. The number of para-hydroxylation sites is 1. The molecule has 1 saturated carbocycles. The van der Waals surface area contributed by atoms with E-state index in [-0.39, 0.29) is 11.3 Å². The molecule has 2 aromatic rings. The molecular formula is C16H20N4O. The first-order valence-corrected chi connectivity index (χ1v) is 7.31. The summed E-state index contributed by atoms with van der Waals surface area (Å²) in [6.07, 6.45) is 6.66. The number of carbonyl (C=O) groups is 1. The van der Waals surface area contributed by atoms with Gasteiger partial charge in [0.2, 0.25) is 0 Å². The molecule has 0 saturated heterocycles. The largest absolute Gasteiger partial charge is 0.351 e. The number of nitrogens with one attached hydrogen (secondary N) is 1. The van der Waals surface area contributed by atoms with Crippen molar-refractivity contribution in [2.24, 2.45) is 11.1 Å². The molecule has 21 heavy (non-hydrogen) atoms. The third-order valence-corrected chi connectivity index (χ3v) is 4.12. The van der Waals surface area contributed by atoms with Crippen LogP contribution in [0.25, 0.3) is 5.69 Å². The van der Waals surface area contributed by atoms with Crippen LogP contribution in [0, 0.1) is 5.41 Å². The molecule has 3 rings (SSSR count). The van der Waals surface area contributed by atoms with E-state index in [1.165, 1.54) is 0 Å². The first kappa shape index (κ1) is 13.8. The lowest BCUT2D eigenvalue weighted by Crippen LogP contribution is -2.31. The van der Waals surface area contributed by atoms with Crippen LogP contribution in [0.1, 0.15) is 29.6 Å². The lowest BCUT2D eigenvalue weighted by Gasteiger charge is -2.14. The molecule has 0 radical (unpaired) electrons. The summed E-state index contributed by atoms with van der Waals surface area (Å²) >= 11 is 0. The average molecular weight is 284 g/mol. The molecule has 1 aliphatic rings. The molecule has 0 unspecified atom stereocenters. The zero-order valence-corrected chi connectivity index (χ0v) is 12.0. The predicted octanol–water partition coefficient (Wildman–Crippen LogP) is 1.73. The summed E-state index contributed by atoms with van der Waals surface area (Å²) in [6, 6.07) is 9.75. The van der Waals surface area contributed by atoms with Gasteiger partial charge in [0.15, 0.2) is 0 Å². The van der Waals surface area contributed by atoms with Crippen LogP contribution >= 0.6 is 0 Å². The zero-order chi connectivity index (χ0) is 14.7. The van der Waals surface area contributed by atoms with Crippen molar-refractivity contribution in [3.63, 3.8) is 0 Å². The van der Waals surface area contributed by atoms with Crippen molar-refractivity contribution in [1.82, 2.24) is 15.1 Å². The molecule has 1 fully saturated rings. The highest BCUT2D eigenvalue weighted by Crippen LogP contribution is 2.47. The molecule has 1 heterocycles. The number of aromatic nitrogens is 2. The highest BCUT2D eigenvalue weighted by molar-refractivity contribution is 5.93. The van der Waals surface area contributed by atoms with Crippen molar-refractivity contribution in [1.29, 1.82) is 0 Å². The Balaban J connectivity index is 1.62. The second kappa shape index (κ2) is 5.69. The predicted molar refractivity (Wildman–Crippen MR) is 81.2 cm³/mol. The van der Waals surface area contributed by atoms with Crippen molar-refractivity contribution < 1.29 is 4.79 Å². The Bertz CT molecular complexity index is 616. The Kier molecular flexibility index (Phi) is 3.75. The Morgan fingerprint density at radius 2 is 2.10 bits per heavy atom. The third-order valence-electron chi connectivity index (χ3n) is 4.12. The van der Waals surface area contributed by atoms with Crippen molar-refractivity contribution in [3.05, 3.63) is 48.3 Å². The van der Waals surface area contributed by atoms with E-state index in [2.05, 4.69) is 10.4 Å². The minimum absolute atomic E-state index is 0.0690. The normalized spacial score (nSPS) is 15.7. The number of nitrogens with two attached hydrogens (primary N) is 1. The third kappa shape index (κ3) is 3.13. The minimum atomic E-state index is -0.0690. The van der Waals surface area contributed by atoms with E-state index in [0.717, 1.165) is 24.9 Å². The molecule has 1 aliphatic carbocycles. The summed E-state index contributed by atoms with van der Waals surface area (Å²) in [5, 5.41) is 7.24. The summed E-state index contributed by atoms with van der Waals surface area (Å²) in [6.45, 7) is 1.39. The Morgan fingerprint density at radius 3 is 2.76 bits per heavy atom. The Labute approximate surface area is 124 Å². The Morgan fingerprint density at radius 1 is 1.33 bits per heavy atom. The second-order valence-electron chi connectivity index (χ2n) is 5.73. The van der Waals surface area contributed by atoms with Gasteiger partial charge < -0.3 is 11.1 Å². The van der Waals surface area contributed by atoms with Crippen LogP contribution < -0.4 is 11.1 Å². The second-order valence-corrected chi connectivity index (χ2v) is 5.73. The highest BCUT2D eigenvalue weighted by atomic mass is 16.1. The molecule has 1 amide bonds. The van der Waals surface area contributed by atoms with Crippen LogP contribution in [-0.4, -0.2) is 28.8 Å². The van der Waals surface area contributed by atoms with Crippen molar-refractivity contribution >= 4 is 5.91 Å². The van der Waals surface area contributed by atoms with Gasteiger partial charge in [-0.05, 0) is 43.4 Å². The van der Waals surface area contributed by atoms with Crippen LogP contribution in [-0.2, 0) is 0 Å². The van der Waals surface area contributed by atoms with Crippen LogP contribution in [0.15, 0.2) is 42.7 Å². The fraction of sp³-hybridized carbons (Fsp3) is 0.375. The lowest BCUT2D eigenvalue weighted by molar-refractivity contribution is 0.0944. The van der Waals surface area contributed by atoms with Crippen molar-refractivity contribution in [3.8, 4) is 5.69 Å². The van der Waals surface area contributed by atoms with E-state index in [1.807, 2.05) is 30.3 Å². The van der Waals surface area contributed by atoms with Gasteiger partial charge in [-0.15, -0.1) is 0 Å². The van der Waals surface area contributed by atoms with Gasteiger partial charge in [-0.1, -0.05) is 18.2 Å². The van der Waals surface area contributed by atoms with Crippen LogP contribution in [0.2, 0.25) is 0 Å². The topological polar surface area (TPSA) is 72.9 Å². The van der Waals surface area contributed by atoms with E-state index in [0.29, 0.717) is 18.7 Å². The number of benzene rings is 1. The smallest absolute Gasteiger partial charge is 0.254 e. The quantitative estimate of drug-likeness (QED) is 0.848. The number of carbonyl (C=O) groups excluding carboxylic acids is 1. The van der Waals surface area contributed by atoms with E-state index in [9.17, 15) is 4.79 Å². The maximum absolute atomic E-state index is 12.2. The van der Waals surface area contributed by atoms with Crippen molar-refractivity contribution in [2.45, 2.75) is 19.3 Å². The first-order chi connectivity index (χ1) is 10.2. The standard InChI is InChI=1S/C16H20N4O/c17-9-8-16(6-7-16)12-18-15(21)13-10-19-20(11-13)14-4-2-1-3-5-14/h1-5,10-11H,6-9,12,17H2,(H,18,21). The van der Waals surface area contributed by atoms with E-state index in [4.69, 9.17) is 5.73 Å². The van der Waals surface area contributed by atoms with Crippen LogP contribution in [0.3, 0.4) is 0 Å². The van der Waals surface area contributed by atoms with Gasteiger partial charge in [-0.2, -0.15) is 5.10 Å². The van der Waals surface area contributed by atoms with E-state index >= 15 is 0 Å². The number of nitrogens with zero attached hydrogens (tertiary/aromatic N) is 2. The van der Waals surface area contributed by atoms with Gasteiger partial charge in [0.25, 0.3) is 5.91 Å². The fourth-order valence-corrected chi connectivity index (χ4v) is 2.53. The molecule has 5 nitrogen and oxygen atoms in total. The summed E-state index contributed by atoms with van der Waals surface area (Å²) in [5.41, 5.74) is 7.39. The van der Waals surface area contributed by atoms with Gasteiger partial charge in [-0.25, -0.2) is 4.68 Å². The average Bonchev–Trinajstić information content (AvgIpc) is 3.10. The van der Waals surface area contributed by atoms with Gasteiger partial charge in [-0.3, -0.25) is 4.79 Å². The van der Waals surface area contributed by atoms with Gasteiger partial charge in [0.1, 0.15) is 0 Å². The first-order valence-electron chi connectivity index (χ1n) is 7.31. The molecule has 5 heteroatoms. The van der Waals surface area contributed by atoms with Gasteiger partial charge >= 0.3 is 0 Å². The molecule has 0 aliphatic heterocycles. The Hall–Kier alpha value is -2.14. The van der Waals surface area contributed by atoms with E-state index in [1.54, 1.807) is 17.1 Å². The summed E-state index contributed by atoms with van der Waals surface area (Å²) < 4.78 is 1.71. The number of amides is 1. The summed E-state index contributed by atoms with van der Waals surface area (Å²) in [7, 11) is 0. The highest BCUT2D eigenvalue weighted by Gasteiger charge is 2.41. The molecule has 0 spiro atoms. The lowest BCUT2D eigenvalue weighted by atomic mass is 10.0. The molecule has 110 valence electrons. The molecule has 1 aromatic carbocycles. The zero-order valence-electron chi connectivity index (χ0n) is 12.0. The van der Waals surface area contributed by atoms with Gasteiger partial charge in [0, 0.05) is 12.7 Å². The van der Waals surface area contributed by atoms with Crippen LogP contribution in [0.4, 0.5) is 0 Å². The van der Waals surface area contributed by atoms with E-state index < -0.39 is 0 Å². The number of rotatable bonds is 6. The van der Waals surface area contributed by atoms with Crippen molar-refractivity contribution in [2.75, 3.05) is 13.1 Å². The molecule has 1 aromatic heterocycles. The number of hydrogen-bond acceptors (Lipinski definition) is 3. The maximum Gasteiger partial charge on any atom is 0.254 e. The number of hydrogen-bond donors (Lipinski definition) is 2. The molecular weight excluding hydrogens is 264 g/mol. The maximum atomic E-state index is 12.2. The van der Waals surface area contributed by atoms with Gasteiger partial charge in [0.05, 0.1) is 17.4 Å². The SMILES string of the molecule is NCCC1(CNC(=O)c2cnn(-c3ccccc3)c2)CC1. The summed E-state index contributed by atoms with van der Waals surface area (Å²) in [4.78, 5) is 12.2. The minimum Gasteiger partial charge on any atom is -0.351 e. The molecule has 0 bridgehead atoms. The fourth-order valence-electron chi connectivity index (χ4n) is 2.53. The summed E-state index contributed by atoms with van der Waals surface area (Å²) in [5.74, 6) is -0.0690. The molecule has 3 N–H and O–H groups in total.